The Labute approximate surface area is 91.1 Å². The number of nitrogens with one attached hydrogen (secondary N) is 1. The topological polar surface area (TPSA) is 58.6 Å². The summed E-state index contributed by atoms with van der Waals surface area (Å²) in [6.07, 6.45) is -2.33. The molecule has 0 spiro atoms. The lowest BCUT2D eigenvalue weighted by atomic mass is 10.3. The Morgan fingerprint density at radius 1 is 1.62 bits per heavy atom. The molecule has 4 nitrogen and oxygen atoms in total. The zero-order chi connectivity index (χ0) is 10.6. The number of carbonyl (C=O) groups is 1. The van der Waals surface area contributed by atoms with Crippen molar-refractivity contribution >= 4 is 40.9 Å². The number of carbonyl (C=O) groups excluding carboxylic acids is 1. The molecule has 0 aromatic rings. The summed E-state index contributed by atoms with van der Waals surface area (Å²) >= 11 is 16.8. The fourth-order valence-electron chi connectivity index (χ4n) is 0.484. The number of rotatable bonds is 3. The van der Waals surface area contributed by atoms with E-state index < -0.39 is 22.0 Å². The molecule has 0 aliphatic heterocycles. The Bertz CT molecular complexity index is 186. The number of ether oxygens (including phenoxy) is 1. The molecule has 0 radical (unpaired) electrons. The number of amides is 1. The lowest BCUT2D eigenvalue weighted by Gasteiger charge is -2.27. The van der Waals surface area contributed by atoms with Crippen LogP contribution < -0.4 is 5.32 Å². The molecular weight excluding hydrogens is 240 g/mol. The first kappa shape index (κ1) is 13.1. The van der Waals surface area contributed by atoms with E-state index in [1.165, 1.54) is 6.92 Å². The number of hydrogen-bond donors (Lipinski definition) is 2. The Kier molecular flexibility index (Phi) is 5.14. The van der Waals surface area contributed by atoms with Crippen LogP contribution in [0.15, 0.2) is 0 Å². The fraction of sp³-hybridized carbons (Fsp3) is 0.833. The van der Waals surface area contributed by atoms with Crippen LogP contribution in [0.5, 0.6) is 0 Å². The molecule has 0 aromatic heterocycles. The Hall–Kier alpha value is 0.1000. The van der Waals surface area contributed by atoms with Crippen molar-refractivity contribution in [2.75, 3.05) is 7.11 Å². The summed E-state index contributed by atoms with van der Waals surface area (Å²) in [6.45, 7) is 1.49. The SMILES string of the molecule is COC(=O)N[C@H](O)C(Cl)(Cl)[C@@H](C)Cl. The van der Waals surface area contributed by atoms with Crippen molar-refractivity contribution in [2.45, 2.75) is 22.9 Å². The molecule has 1 amide bonds. The molecular formula is C6H10Cl3NO3. The van der Waals surface area contributed by atoms with E-state index in [0.717, 1.165) is 7.11 Å². The van der Waals surface area contributed by atoms with E-state index in [1.807, 2.05) is 5.32 Å². The average Bonchev–Trinajstić information content (AvgIpc) is 2.03. The van der Waals surface area contributed by atoms with Crippen LogP contribution in [0.25, 0.3) is 0 Å². The van der Waals surface area contributed by atoms with Gasteiger partial charge >= 0.3 is 6.09 Å². The lowest BCUT2D eigenvalue weighted by molar-refractivity contribution is 0.0994. The molecule has 0 aliphatic carbocycles. The third kappa shape index (κ3) is 3.77. The van der Waals surface area contributed by atoms with Gasteiger partial charge in [0.15, 0.2) is 10.6 Å². The second-order valence-corrected chi connectivity index (χ2v) is 4.43. The maximum absolute atomic E-state index is 10.6. The van der Waals surface area contributed by atoms with E-state index in [-0.39, 0.29) is 0 Å². The first-order chi connectivity index (χ1) is 5.82. The molecule has 0 heterocycles. The van der Waals surface area contributed by atoms with E-state index in [4.69, 9.17) is 34.8 Å². The zero-order valence-corrected chi connectivity index (χ0v) is 9.32. The third-order valence-electron chi connectivity index (χ3n) is 1.33. The quantitative estimate of drug-likeness (QED) is 0.589. The van der Waals surface area contributed by atoms with Gasteiger partial charge in [-0.25, -0.2) is 4.79 Å². The second kappa shape index (κ2) is 5.10. The predicted octanol–water partition coefficient (Wildman–Crippen LogP) is 1.46. The molecule has 0 unspecified atom stereocenters. The normalized spacial score (nSPS) is 16.2. The van der Waals surface area contributed by atoms with Crippen molar-refractivity contribution in [3.05, 3.63) is 0 Å². The summed E-state index contributed by atoms with van der Waals surface area (Å²) < 4.78 is 2.57. The second-order valence-electron chi connectivity index (χ2n) is 2.33. The molecule has 0 rings (SSSR count). The van der Waals surface area contributed by atoms with E-state index >= 15 is 0 Å². The van der Waals surface area contributed by atoms with E-state index in [9.17, 15) is 9.90 Å². The van der Waals surface area contributed by atoms with Crippen LogP contribution in [0.4, 0.5) is 4.79 Å². The van der Waals surface area contributed by atoms with Crippen LogP contribution in [0.2, 0.25) is 0 Å². The summed E-state index contributed by atoms with van der Waals surface area (Å²) in [5.74, 6) is 0. The van der Waals surface area contributed by atoms with Gasteiger partial charge in [0.25, 0.3) is 0 Å². The van der Waals surface area contributed by atoms with Crippen LogP contribution in [-0.2, 0) is 4.74 Å². The van der Waals surface area contributed by atoms with Gasteiger partial charge in [-0.3, -0.25) is 5.32 Å². The van der Waals surface area contributed by atoms with Gasteiger partial charge in [0, 0.05) is 0 Å². The van der Waals surface area contributed by atoms with Crippen molar-refractivity contribution in [3.8, 4) is 0 Å². The van der Waals surface area contributed by atoms with Crippen molar-refractivity contribution in [3.63, 3.8) is 0 Å². The zero-order valence-electron chi connectivity index (χ0n) is 7.05. The van der Waals surface area contributed by atoms with Gasteiger partial charge < -0.3 is 9.84 Å². The van der Waals surface area contributed by atoms with Crippen molar-refractivity contribution in [1.82, 2.24) is 5.32 Å². The largest absolute Gasteiger partial charge is 0.453 e. The van der Waals surface area contributed by atoms with E-state index in [1.54, 1.807) is 0 Å². The number of hydrogen-bond acceptors (Lipinski definition) is 3. The van der Waals surface area contributed by atoms with Gasteiger partial charge in [0.1, 0.15) is 0 Å². The molecule has 78 valence electrons. The van der Waals surface area contributed by atoms with E-state index in [0.29, 0.717) is 0 Å². The number of aliphatic hydroxyl groups is 1. The third-order valence-corrected chi connectivity index (χ3v) is 2.97. The van der Waals surface area contributed by atoms with Crippen LogP contribution in [0.1, 0.15) is 6.92 Å². The van der Waals surface area contributed by atoms with Crippen molar-refractivity contribution in [2.24, 2.45) is 0 Å². The minimum absolute atomic E-state index is 0.733. The molecule has 0 fully saturated rings. The minimum Gasteiger partial charge on any atom is -0.453 e. The highest BCUT2D eigenvalue weighted by atomic mass is 35.5. The monoisotopic (exact) mass is 249 g/mol. The van der Waals surface area contributed by atoms with Crippen LogP contribution in [-0.4, -0.2) is 34.2 Å². The maximum Gasteiger partial charge on any atom is 0.408 e. The van der Waals surface area contributed by atoms with Crippen LogP contribution in [0, 0.1) is 0 Å². The van der Waals surface area contributed by atoms with Crippen LogP contribution >= 0.6 is 34.8 Å². The Morgan fingerprint density at radius 2 is 2.08 bits per heavy atom. The number of halogens is 3. The van der Waals surface area contributed by atoms with Gasteiger partial charge in [0.05, 0.1) is 12.5 Å². The Balaban J connectivity index is 4.24. The average molecular weight is 251 g/mol. The summed E-state index contributed by atoms with van der Waals surface area (Å²) in [4.78, 5) is 10.6. The summed E-state index contributed by atoms with van der Waals surface area (Å²) in [5, 5.41) is 10.6. The standard InChI is InChI=1S/C6H10Cl3NO3/c1-3(7)6(8,9)4(11)10-5(12)13-2/h3-4,11H,1-2H3,(H,10,12)/t3-,4-/m1/s1. The molecule has 7 heteroatoms. The molecule has 0 aliphatic rings. The number of alkyl halides is 3. The summed E-state index contributed by atoms with van der Waals surface area (Å²) in [5.41, 5.74) is 0. The minimum atomic E-state index is -1.66. The molecule has 0 saturated heterocycles. The summed E-state index contributed by atoms with van der Waals surface area (Å²) in [7, 11) is 1.15. The molecule has 0 bridgehead atoms. The fourth-order valence-corrected chi connectivity index (χ4v) is 0.713. The highest BCUT2D eigenvalue weighted by molar-refractivity contribution is 6.52. The molecule has 0 saturated carbocycles. The highest BCUT2D eigenvalue weighted by Crippen LogP contribution is 2.31. The van der Waals surface area contributed by atoms with Gasteiger partial charge in [-0.15, -0.1) is 11.6 Å². The number of alkyl carbamates (subject to hydrolysis) is 1. The smallest absolute Gasteiger partial charge is 0.408 e. The van der Waals surface area contributed by atoms with Gasteiger partial charge in [-0.1, -0.05) is 23.2 Å². The van der Waals surface area contributed by atoms with Gasteiger partial charge in [-0.2, -0.15) is 0 Å². The van der Waals surface area contributed by atoms with Crippen molar-refractivity contribution in [1.29, 1.82) is 0 Å². The predicted molar refractivity (Wildman–Crippen MR) is 51.3 cm³/mol. The molecule has 13 heavy (non-hydrogen) atoms. The van der Waals surface area contributed by atoms with Gasteiger partial charge in [-0.05, 0) is 6.92 Å². The Morgan fingerprint density at radius 3 is 2.38 bits per heavy atom. The van der Waals surface area contributed by atoms with Gasteiger partial charge in [0.2, 0.25) is 0 Å². The molecule has 2 N–H and O–H groups in total. The first-order valence-corrected chi connectivity index (χ1v) is 4.56. The highest BCUT2D eigenvalue weighted by Gasteiger charge is 2.39. The van der Waals surface area contributed by atoms with Crippen molar-refractivity contribution < 1.29 is 14.6 Å². The first-order valence-electron chi connectivity index (χ1n) is 3.36. The maximum atomic E-state index is 10.6. The molecule has 2 atom stereocenters. The van der Waals surface area contributed by atoms with E-state index in [2.05, 4.69) is 4.74 Å². The van der Waals surface area contributed by atoms with Crippen LogP contribution in [0.3, 0.4) is 0 Å². The number of methoxy groups -OCH3 is 1. The lowest BCUT2D eigenvalue weighted by Crippen LogP contribution is -2.50. The molecule has 0 aromatic carbocycles. The summed E-state index contributed by atoms with van der Waals surface area (Å²) in [6, 6.07) is 0. The number of aliphatic hydroxyl groups excluding tert-OH is 1.